The van der Waals surface area contributed by atoms with E-state index in [0.717, 1.165) is 6.42 Å². The minimum absolute atomic E-state index is 0.195. The number of nitrogens with one attached hydrogen (secondary N) is 1. The molecule has 9 heteroatoms. The van der Waals surface area contributed by atoms with Crippen molar-refractivity contribution in [3.8, 4) is 11.6 Å². The third-order valence-electron chi connectivity index (χ3n) is 5.16. The number of tetrazole rings is 1. The number of hydrogen-bond donors (Lipinski definition) is 2. The van der Waals surface area contributed by atoms with Crippen molar-refractivity contribution < 1.29 is 14.6 Å². The van der Waals surface area contributed by atoms with Crippen molar-refractivity contribution in [2.45, 2.75) is 38.0 Å². The number of aliphatic hydroxyl groups excluding tert-OH is 1. The summed E-state index contributed by atoms with van der Waals surface area (Å²) in [6, 6.07) is 10.8. The fourth-order valence-corrected chi connectivity index (χ4v) is 3.49. The van der Waals surface area contributed by atoms with Crippen LogP contribution in [0.1, 0.15) is 35.7 Å². The van der Waals surface area contributed by atoms with Gasteiger partial charge >= 0.3 is 0 Å². The van der Waals surface area contributed by atoms with E-state index in [1.165, 1.54) is 11.1 Å². The number of aliphatic hydroxyl groups is 1. The molecule has 0 radical (unpaired) electrons. The Labute approximate surface area is 167 Å². The summed E-state index contributed by atoms with van der Waals surface area (Å²) in [4.78, 5) is 19.4. The molecule has 0 bridgehead atoms. The van der Waals surface area contributed by atoms with Crippen LogP contribution in [-0.2, 0) is 6.61 Å². The standard InChI is InChI=1S/C20H22N6O3/c1-14-8-9-20(12-22-14,29-19-15(11-27)5-4-10-21-19)18(28)16-6-2-3-7-17(16)26-24-13-23-25-26/h2-7,10,13-14,22,27H,8-9,11-12H2,1H3/t14-,20-/m1/s1. The predicted molar refractivity (Wildman–Crippen MR) is 104 cm³/mol. The van der Waals surface area contributed by atoms with Gasteiger partial charge in [-0.1, -0.05) is 12.1 Å². The largest absolute Gasteiger partial charge is 0.461 e. The summed E-state index contributed by atoms with van der Waals surface area (Å²) < 4.78 is 6.25. The van der Waals surface area contributed by atoms with Gasteiger partial charge in [0.2, 0.25) is 11.7 Å². The first-order valence-corrected chi connectivity index (χ1v) is 9.47. The third kappa shape index (κ3) is 3.74. The molecule has 1 fully saturated rings. The lowest BCUT2D eigenvalue weighted by molar-refractivity contribution is 0.0252. The molecule has 1 aromatic carbocycles. The summed E-state index contributed by atoms with van der Waals surface area (Å²) in [5.41, 5.74) is 0.328. The molecule has 150 valence electrons. The fourth-order valence-electron chi connectivity index (χ4n) is 3.49. The van der Waals surface area contributed by atoms with Gasteiger partial charge < -0.3 is 15.2 Å². The molecule has 2 atom stereocenters. The van der Waals surface area contributed by atoms with Gasteiger partial charge in [-0.3, -0.25) is 4.79 Å². The number of benzene rings is 1. The number of carbonyl (C=O) groups is 1. The second-order valence-electron chi connectivity index (χ2n) is 7.11. The second kappa shape index (κ2) is 8.06. The maximum absolute atomic E-state index is 13.8. The van der Waals surface area contributed by atoms with Crippen LogP contribution in [0.2, 0.25) is 0 Å². The van der Waals surface area contributed by atoms with Crippen LogP contribution in [-0.4, -0.2) is 54.3 Å². The highest BCUT2D eigenvalue weighted by Gasteiger charge is 2.45. The van der Waals surface area contributed by atoms with Gasteiger partial charge in [0, 0.05) is 29.9 Å². The normalized spacial score (nSPS) is 21.7. The van der Waals surface area contributed by atoms with Crippen LogP contribution in [0.15, 0.2) is 48.9 Å². The zero-order chi connectivity index (χ0) is 20.3. The Morgan fingerprint density at radius 2 is 2.21 bits per heavy atom. The molecule has 0 spiro atoms. The van der Waals surface area contributed by atoms with E-state index < -0.39 is 5.60 Å². The Morgan fingerprint density at radius 1 is 1.34 bits per heavy atom. The topological polar surface area (TPSA) is 115 Å². The van der Waals surface area contributed by atoms with E-state index in [2.05, 4.69) is 32.6 Å². The van der Waals surface area contributed by atoms with Gasteiger partial charge in [-0.15, -0.1) is 15.0 Å². The number of nitrogens with zero attached hydrogens (tertiary/aromatic N) is 5. The molecule has 1 aliphatic rings. The first kappa shape index (κ1) is 19.2. The quantitative estimate of drug-likeness (QED) is 0.602. The highest BCUT2D eigenvalue weighted by Crippen LogP contribution is 2.32. The summed E-state index contributed by atoms with van der Waals surface area (Å²) in [5.74, 6) is 0.0652. The van der Waals surface area contributed by atoms with Crippen molar-refractivity contribution in [2.75, 3.05) is 6.54 Å². The summed E-state index contributed by atoms with van der Waals surface area (Å²) in [6.45, 7) is 2.17. The molecule has 29 heavy (non-hydrogen) atoms. The van der Waals surface area contributed by atoms with E-state index >= 15 is 0 Å². The molecular formula is C20H22N6O3. The first-order chi connectivity index (χ1) is 14.1. The number of para-hydroxylation sites is 1. The van der Waals surface area contributed by atoms with Crippen LogP contribution >= 0.6 is 0 Å². The Balaban J connectivity index is 1.76. The van der Waals surface area contributed by atoms with Crippen LogP contribution in [0, 0.1) is 0 Å². The molecule has 4 rings (SSSR count). The van der Waals surface area contributed by atoms with Crippen molar-refractivity contribution in [1.29, 1.82) is 0 Å². The number of carbonyl (C=O) groups excluding carboxylic acids is 1. The van der Waals surface area contributed by atoms with Crippen molar-refractivity contribution in [3.05, 3.63) is 60.0 Å². The second-order valence-corrected chi connectivity index (χ2v) is 7.11. The van der Waals surface area contributed by atoms with Gasteiger partial charge in [0.05, 0.1) is 12.3 Å². The SMILES string of the molecule is C[C@@H]1CC[C@](Oc2ncccc2CO)(C(=O)c2ccccc2-n2ncnn2)CN1. The maximum Gasteiger partial charge on any atom is 0.219 e. The minimum Gasteiger partial charge on any atom is -0.461 e. The zero-order valence-electron chi connectivity index (χ0n) is 16.0. The highest BCUT2D eigenvalue weighted by molar-refractivity contribution is 6.05. The minimum atomic E-state index is -1.17. The van der Waals surface area contributed by atoms with Crippen LogP contribution in [0.3, 0.4) is 0 Å². The van der Waals surface area contributed by atoms with Gasteiger partial charge in [0.1, 0.15) is 0 Å². The lowest BCUT2D eigenvalue weighted by Gasteiger charge is -2.39. The molecule has 2 N–H and O–H groups in total. The van der Waals surface area contributed by atoms with E-state index in [4.69, 9.17) is 4.74 Å². The zero-order valence-corrected chi connectivity index (χ0v) is 16.0. The molecule has 2 aromatic heterocycles. The van der Waals surface area contributed by atoms with Crippen molar-refractivity contribution in [1.82, 2.24) is 30.5 Å². The van der Waals surface area contributed by atoms with Crippen LogP contribution in [0.5, 0.6) is 5.88 Å². The molecule has 0 unspecified atom stereocenters. The Bertz CT molecular complexity index is 983. The van der Waals surface area contributed by atoms with Crippen LogP contribution in [0.25, 0.3) is 5.69 Å². The molecule has 0 saturated carbocycles. The molecule has 1 aliphatic heterocycles. The van der Waals surface area contributed by atoms with Gasteiger partial charge in [-0.2, -0.15) is 0 Å². The number of Topliss-reactive ketones (excluding diaryl/α,β-unsaturated/α-hetero) is 1. The van der Waals surface area contributed by atoms with Crippen LogP contribution in [0.4, 0.5) is 0 Å². The molecule has 0 aliphatic carbocycles. The Hall–Kier alpha value is -3.17. The van der Waals surface area contributed by atoms with Gasteiger partial charge in [-0.25, -0.2) is 4.98 Å². The van der Waals surface area contributed by atoms with E-state index in [1.807, 2.05) is 6.07 Å². The van der Waals surface area contributed by atoms with E-state index in [9.17, 15) is 9.90 Å². The average molecular weight is 394 g/mol. The van der Waals surface area contributed by atoms with Gasteiger partial charge in [-0.05, 0) is 49.2 Å². The number of ether oxygens (including phenoxy) is 1. The smallest absolute Gasteiger partial charge is 0.219 e. The summed E-state index contributed by atoms with van der Waals surface area (Å²) in [6.07, 6.45) is 4.18. The Kier molecular flexibility index (Phi) is 5.32. The first-order valence-electron chi connectivity index (χ1n) is 9.47. The van der Waals surface area contributed by atoms with Crippen molar-refractivity contribution in [3.63, 3.8) is 0 Å². The average Bonchev–Trinajstić information content (AvgIpc) is 3.30. The lowest BCUT2D eigenvalue weighted by atomic mass is 9.83. The van der Waals surface area contributed by atoms with Gasteiger partial charge in [0.25, 0.3) is 0 Å². The molecule has 0 amide bonds. The number of aromatic nitrogens is 5. The van der Waals surface area contributed by atoms with E-state index in [0.29, 0.717) is 29.8 Å². The number of pyridine rings is 1. The number of rotatable bonds is 6. The van der Waals surface area contributed by atoms with Crippen molar-refractivity contribution >= 4 is 5.78 Å². The lowest BCUT2D eigenvalue weighted by Crippen LogP contribution is -2.58. The maximum atomic E-state index is 13.8. The number of hydrogen-bond acceptors (Lipinski definition) is 8. The predicted octanol–water partition coefficient (Wildman–Crippen LogP) is 1.32. The van der Waals surface area contributed by atoms with Gasteiger partial charge in [0.15, 0.2) is 11.9 Å². The van der Waals surface area contributed by atoms with Crippen LogP contribution < -0.4 is 10.1 Å². The molecule has 1 saturated heterocycles. The Morgan fingerprint density at radius 3 is 2.93 bits per heavy atom. The summed E-state index contributed by atoms with van der Waals surface area (Å²) >= 11 is 0. The fraction of sp³-hybridized carbons (Fsp3) is 0.350. The van der Waals surface area contributed by atoms with E-state index in [1.54, 1.807) is 36.5 Å². The highest BCUT2D eigenvalue weighted by atomic mass is 16.5. The number of piperidine rings is 1. The van der Waals surface area contributed by atoms with Crippen molar-refractivity contribution in [2.24, 2.45) is 0 Å². The molecule has 9 nitrogen and oxygen atoms in total. The van der Waals surface area contributed by atoms with E-state index in [-0.39, 0.29) is 24.3 Å². The number of ketones is 1. The monoisotopic (exact) mass is 394 g/mol. The summed E-state index contributed by atoms with van der Waals surface area (Å²) in [5, 5.41) is 24.7. The molecule has 3 aromatic rings. The molecule has 3 heterocycles. The summed E-state index contributed by atoms with van der Waals surface area (Å²) in [7, 11) is 0. The third-order valence-corrected chi connectivity index (χ3v) is 5.16. The molecular weight excluding hydrogens is 372 g/mol.